The van der Waals surface area contributed by atoms with Gasteiger partial charge in [-0.3, -0.25) is 10.5 Å². The predicted octanol–water partition coefficient (Wildman–Crippen LogP) is 2.94. The zero-order chi connectivity index (χ0) is 18.9. The van der Waals surface area contributed by atoms with Crippen LogP contribution in [0.15, 0.2) is 58.3 Å². The minimum Gasteiger partial charge on any atom is -0.453 e. The molecule has 3 rings (SSSR count). The van der Waals surface area contributed by atoms with Gasteiger partial charge in [0.2, 0.25) is 5.95 Å². The van der Waals surface area contributed by atoms with E-state index in [4.69, 9.17) is 5.21 Å². The zero-order valence-corrected chi connectivity index (χ0v) is 14.5. The fourth-order valence-corrected chi connectivity index (χ4v) is 2.76. The van der Waals surface area contributed by atoms with Crippen LogP contribution < -0.4 is 16.5 Å². The van der Waals surface area contributed by atoms with Gasteiger partial charge in [0.05, 0.1) is 18.1 Å². The summed E-state index contributed by atoms with van der Waals surface area (Å²) in [7, 11) is 1.31. The van der Waals surface area contributed by atoms with E-state index in [9.17, 15) is 9.59 Å². The molecular formula is C16H17N5O4S. The number of aromatic nitrogens is 2. The molecule has 3 aromatic rings. The third-order valence-corrected chi connectivity index (χ3v) is 3.95. The van der Waals surface area contributed by atoms with Gasteiger partial charge in [-0.2, -0.15) is 0 Å². The number of methoxy groups -OCH3 is 1. The van der Waals surface area contributed by atoms with Crippen LogP contribution in [0.5, 0.6) is 0 Å². The summed E-state index contributed by atoms with van der Waals surface area (Å²) in [5, 5.41) is 9.93. The molecule has 1 heterocycles. The van der Waals surface area contributed by atoms with Crippen LogP contribution in [0.2, 0.25) is 0 Å². The first kappa shape index (κ1) is 19.1. The molecule has 0 spiro atoms. The van der Waals surface area contributed by atoms with E-state index in [1.54, 1.807) is 11.8 Å². The second kappa shape index (κ2) is 9.30. The van der Waals surface area contributed by atoms with Crippen LogP contribution in [0.25, 0.3) is 11.0 Å². The molecule has 9 nitrogen and oxygen atoms in total. The first-order chi connectivity index (χ1) is 12.5. The maximum absolute atomic E-state index is 11.2. The van der Waals surface area contributed by atoms with Crippen LogP contribution in [0.3, 0.4) is 0 Å². The molecule has 0 saturated heterocycles. The summed E-state index contributed by atoms with van der Waals surface area (Å²) in [6.07, 6.45) is -0.548. The van der Waals surface area contributed by atoms with Crippen molar-refractivity contribution in [1.82, 2.24) is 15.4 Å². The molecule has 0 atom stereocenters. The van der Waals surface area contributed by atoms with Crippen molar-refractivity contribution in [2.24, 2.45) is 5.73 Å². The van der Waals surface area contributed by atoms with Gasteiger partial charge in [0.15, 0.2) is 0 Å². The summed E-state index contributed by atoms with van der Waals surface area (Å²) >= 11 is 1.67. The predicted molar refractivity (Wildman–Crippen MR) is 97.2 cm³/mol. The number of ether oxygens (including phenoxy) is 1. The topological polar surface area (TPSA) is 142 Å². The molecule has 136 valence electrons. The van der Waals surface area contributed by atoms with Crippen LogP contribution in [0.4, 0.5) is 15.5 Å². The highest BCUT2D eigenvalue weighted by atomic mass is 32.2. The fourth-order valence-electron chi connectivity index (χ4n) is 1.88. The zero-order valence-electron chi connectivity index (χ0n) is 13.7. The number of benzene rings is 2. The lowest BCUT2D eigenvalue weighted by molar-refractivity contribution is 0.169. The van der Waals surface area contributed by atoms with E-state index in [1.165, 1.54) is 17.5 Å². The number of nitrogens with one attached hydrogen (secondary N) is 3. The van der Waals surface area contributed by atoms with Crippen molar-refractivity contribution >= 4 is 40.9 Å². The lowest BCUT2D eigenvalue weighted by Gasteiger charge is -2.00. The number of aromatic amines is 1. The summed E-state index contributed by atoms with van der Waals surface area (Å²) in [4.78, 5) is 30.0. The molecule has 26 heavy (non-hydrogen) atoms. The standard InChI is InChI=1S/C15H13N3O2S.CH4N2O2/c1-20-15(19)18-14-16-12-8-7-11(9-13(12)17-14)21-10-5-3-2-4-6-10;2-1(4)3-5/h2-9H,1H3,(H2,16,17,18,19);5H,(H3,2,3,4). The largest absolute Gasteiger partial charge is 0.453 e. The maximum Gasteiger partial charge on any atom is 0.413 e. The van der Waals surface area contributed by atoms with Gasteiger partial charge in [-0.15, -0.1) is 0 Å². The van der Waals surface area contributed by atoms with E-state index in [0.29, 0.717) is 5.95 Å². The van der Waals surface area contributed by atoms with Gasteiger partial charge < -0.3 is 15.5 Å². The second-order valence-corrected chi connectivity index (χ2v) is 5.92. The highest BCUT2D eigenvalue weighted by Crippen LogP contribution is 2.29. The Bertz CT molecular complexity index is 885. The number of primary amides is 1. The number of urea groups is 1. The molecule has 3 amide bonds. The van der Waals surface area contributed by atoms with Crippen LogP contribution >= 0.6 is 11.8 Å². The Balaban J connectivity index is 0.000000431. The lowest BCUT2D eigenvalue weighted by atomic mass is 10.3. The van der Waals surface area contributed by atoms with Gasteiger partial charge in [-0.25, -0.2) is 20.1 Å². The number of fused-ring (bicyclic) bond motifs is 1. The number of hydrogen-bond donors (Lipinski definition) is 5. The Morgan fingerprint density at radius 2 is 1.88 bits per heavy atom. The van der Waals surface area contributed by atoms with Crippen LogP contribution in [-0.4, -0.2) is 34.4 Å². The molecule has 10 heteroatoms. The first-order valence-corrected chi connectivity index (χ1v) is 8.10. The minimum absolute atomic E-state index is 0.374. The summed E-state index contributed by atoms with van der Waals surface area (Å²) in [5.74, 6) is 0.374. The summed E-state index contributed by atoms with van der Waals surface area (Å²) < 4.78 is 4.54. The highest BCUT2D eigenvalue weighted by Gasteiger charge is 2.07. The molecule has 0 saturated carbocycles. The SMILES string of the molecule is COC(=O)Nc1nc2ccc(Sc3ccccc3)cc2[nH]1.NC(=O)NO. The Kier molecular flexibility index (Phi) is 6.83. The number of imidazole rings is 1. The summed E-state index contributed by atoms with van der Waals surface area (Å²) in [5.41, 5.74) is 7.11. The second-order valence-electron chi connectivity index (χ2n) is 4.77. The first-order valence-electron chi connectivity index (χ1n) is 7.29. The monoisotopic (exact) mass is 375 g/mol. The normalized spacial score (nSPS) is 9.77. The Morgan fingerprint density at radius 1 is 1.19 bits per heavy atom. The van der Waals surface area contributed by atoms with Gasteiger partial charge in [0.25, 0.3) is 0 Å². The number of rotatable bonds is 3. The minimum atomic E-state index is -0.940. The average Bonchev–Trinajstić information content (AvgIpc) is 3.04. The van der Waals surface area contributed by atoms with Gasteiger partial charge >= 0.3 is 12.1 Å². The number of carbonyl (C=O) groups is 2. The number of carbonyl (C=O) groups excluding carboxylic acids is 2. The smallest absolute Gasteiger partial charge is 0.413 e. The summed E-state index contributed by atoms with van der Waals surface area (Å²) in [6.45, 7) is 0. The van der Waals surface area contributed by atoms with Crippen molar-refractivity contribution in [2.45, 2.75) is 9.79 Å². The Labute approximate surface area is 152 Å². The summed E-state index contributed by atoms with van der Waals surface area (Å²) in [6, 6.07) is 15.1. The number of hydroxylamine groups is 1. The van der Waals surface area contributed by atoms with Gasteiger partial charge in [0, 0.05) is 9.79 Å². The molecule has 6 N–H and O–H groups in total. The van der Waals surface area contributed by atoms with E-state index < -0.39 is 12.1 Å². The van der Waals surface area contributed by atoms with E-state index in [1.807, 2.05) is 36.4 Å². The van der Waals surface area contributed by atoms with Gasteiger partial charge in [-0.1, -0.05) is 30.0 Å². The van der Waals surface area contributed by atoms with Crippen molar-refractivity contribution < 1.29 is 19.5 Å². The van der Waals surface area contributed by atoms with Crippen molar-refractivity contribution in [3.8, 4) is 0 Å². The van der Waals surface area contributed by atoms with Crippen molar-refractivity contribution in [1.29, 1.82) is 0 Å². The molecule has 0 fully saturated rings. The lowest BCUT2D eigenvalue weighted by Crippen LogP contribution is -2.25. The number of amides is 3. The molecule has 0 bridgehead atoms. The molecular weight excluding hydrogens is 358 g/mol. The number of H-pyrrole nitrogens is 1. The van der Waals surface area contributed by atoms with Crippen molar-refractivity contribution in [2.75, 3.05) is 12.4 Å². The Morgan fingerprint density at radius 3 is 2.50 bits per heavy atom. The number of nitrogens with zero attached hydrogens (tertiary/aromatic N) is 1. The van der Waals surface area contributed by atoms with Gasteiger partial charge in [0.1, 0.15) is 0 Å². The van der Waals surface area contributed by atoms with Crippen molar-refractivity contribution in [3.05, 3.63) is 48.5 Å². The Hall–Kier alpha value is -3.24. The highest BCUT2D eigenvalue weighted by molar-refractivity contribution is 7.99. The third-order valence-electron chi connectivity index (χ3n) is 2.95. The number of nitrogens with two attached hydrogens (primary N) is 1. The quantitative estimate of drug-likeness (QED) is 0.352. The molecule has 0 radical (unpaired) electrons. The molecule has 2 aromatic carbocycles. The third kappa shape index (κ3) is 5.69. The fraction of sp³-hybridized carbons (Fsp3) is 0.0625. The molecule has 1 aromatic heterocycles. The molecule has 0 unspecified atom stereocenters. The van der Waals surface area contributed by atoms with E-state index in [-0.39, 0.29) is 0 Å². The van der Waals surface area contributed by atoms with E-state index in [0.717, 1.165) is 15.9 Å². The van der Waals surface area contributed by atoms with E-state index >= 15 is 0 Å². The van der Waals surface area contributed by atoms with Crippen LogP contribution in [0, 0.1) is 0 Å². The van der Waals surface area contributed by atoms with E-state index in [2.05, 4.69) is 37.9 Å². The average molecular weight is 375 g/mol. The molecule has 0 aliphatic rings. The van der Waals surface area contributed by atoms with Crippen LogP contribution in [-0.2, 0) is 4.74 Å². The number of anilines is 1. The van der Waals surface area contributed by atoms with Crippen molar-refractivity contribution in [3.63, 3.8) is 0 Å². The van der Waals surface area contributed by atoms with Gasteiger partial charge in [-0.05, 0) is 30.3 Å². The molecule has 0 aliphatic heterocycles. The maximum atomic E-state index is 11.2. The van der Waals surface area contributed by atoms with Crippen LogP contribution in [0.1, 0.15) is 0 Å². The molecule has 0 aliphatic carbocycles. The number of hydrogen-bond acceptors (Lipinski definition) is 6.